The van der Waals surface area contributed by atoms with E-state index in [1.54, 1.807) is 41.3 Å². The van der Waals surface area contributed by atoms with Crippen LogP contribution in [-0.4, -0.2) is 80.0 Å². The van der Waals surface area contributed by atoms with Gasteiger partial charge in [0.15, 0.2) is 0 Å². The number of unbranched alkanes of at least 4 members (excludes halogenated alkanes) is 12. The number of halogens is 2. The van der Waals surface area contributed by atoms with Crippen LogP contribution in [0.3, 0.4) is 0 Å². The molecule has 2 unspecified atom stereocenters. The van der Waals surface area contributed by atoms with Gasteiger partial charge in [0, 0.05) is 69.6 Å². The summed E-state index contributed by atoms with van der Waals surface area (Å²) in [6.45, 7) is 17.5. The summed E-state index contributed by atoms with van der Waals surface area (Å²) in [5.74, 6) is 1.50. The Kier molecular flexibility index (Phi) is 29.9. The standard InChI is InChI=1S/C43H52FNO7.C38H44FNO5/c1-30-38-29-37(50-32(3)47)23-24-39(38)51-41(40(30)35-17-14-18-36(28-35)49-31(2)46)34-21-19-33(20-22-34)16-15-27-45(42(48)52-43(4,5)6)26-13-11-9-7-8-10-12-25-44;1-27-35-26-34(44-29(3)42)20-21-36(35)45-38(37(27)32-14-11-15-33(25-32)43-28(2)41)31-18-16-30(17-19-31)13-12-24-40-23-10-8-6-4-5-7-9-22-39/h14-24,28-29,41H,7-13,25-27H2,1-6H3;11-21,25-26,38,40H,4-10,22-24H2,1-3H3/b16-15+;13-12+. The molecule has 1 amide bonds. The summed E-state index contributed by atoms with van der Waals surface area (Å²) in [5, 5.41) is 3.48. The molecule has 1 N–H and O–H groups in total. The first kappa shape index (κ1) is 75.2. The average Bonchev–Trinajstić information content (AvgIpc) is 0.767. The number of esters is 4. The minimum absolute atomic E-state index is 0.194. The normalized spacial score (nSPS) is 14.2. The molecule has 6 aromatic carbocycles. The molecule has 0 saturated heterocycles. The van der Waals surface area contributed by atoms with E-state index in [4.69, 9.17) is 33.2 Å². The van der Waals surface area contributed by atoms with E-state index in [1.807, 2.05) is 120 Å². The van der Waals surface area contributed by atoms with E-state index in [0.29, 0.717) is 60.4 Å². The van der Waals surface area contributed by atoms with Crippen LogP contribution >= 0.6 is 0 Å². The fraction of sp³-hybridized carbons (Fsp3) is 0.395. The van der Waals surface area contributed by atoms with Crippen molar-refractivity contribution in [2.45, 2.75) is 170 Å². The number of benzene rings is 6. The number of ether oxygens (including phenoxy) is 7. The second-order valence-electron chi connectivity index (χ2n) is 25.4. The van der Waals surface area contributed by atoms with E-state index in [1.165, 1.54) is 47.0 Å². The number of nitrogens with zero attached hydrogens (tertiary/aromatic N) is 1. The quantitative estimate of drug-likeness (QED) is 0.0241. The third-order valence-electron chi connectivity index (χ3n) is 16.3. The van der Waals surface area contributed by atoms with Gasteiger partial charge < -0.3 is 43.4 Å². The molecule has 2 atom stereocenters. The number of rotatable bonds is 32. The van der Waals surface area contributed by atoms with Gasteiger partial charge in [-0.3, -0.25) is 28.0 Å². The molecule has 2 aliphatic heterocycles. The van der Waals surface area contributed by atoms with Crippen LogP contribution < -0.4 is 33.7 Å². The number of allylic oxidation sites excluding steroid dienone is 2. The monoisotopic (exact) mass is 1330 g/mol. The van der Waals surface area contributed by atoms with Crippen LogP contribution in [0.2, 0.25) is 0 Å². The number of hydrogen-bond donors (Lipinski definition) is 1. The molecular formula is C81H96F2N2O12. The molecule has 0 radical (unpaired) electrons. The zero-order chi connectivity index (χ0) is 69.7. The molecular weight excluding hydrogens is 1230 g/mol. The summed E-state index contributed by atoms with van der Waals surface area (Å²) in [4.78, 5) is 61.4. The van der Waals surface area contributed by atoms with Crippen molar-refractivity contribution >= 4 is 64.4 Å². The lowest BCUT2D eigenvalue weighted by Crippen LogP contribution is -2.37. The van der Waals surface area contributed by atoms with Gasteiger partial charge in [-0.05, 0) is 172 Å². The van der Waals surface area contributed by atoms with Gasteiger partial charge in [-0.25, -0.2) is 4.79 Å². The molecule has 6 aromatic rings. The first-order chi connectivity index (χ1) is 46.7. The van der Waals surface area contributed by atoms with Crippen molar-refractivity contribution in [3.8, 4) is 34.5 Å². The molecule has 2 heterocycles. The minimum Gasteiger partial charge on any atom is -0.480 e. The number of carbonyl (C=O) groups is 5. The van der Waals surface area contributed by atoms with Gasteiger partial charge in [0.25, 0.3) is 0 Å². The molecule has 14 nitrogen and oxygen atoms in total. The second kappa shape index (κ2) is 38.6. The summed E-state index contributed by atoms with van der Waals surface area (Å²) < 4.78 is 64.9. The smallest absolute Gasteiger partial charge is 0.410 e. The zero-order valence-corrected chi connectivity index (χ0v) is 57.9. The molecule has 16 heteroatoms. The molecule has 8 rings (SSSR count). The topological polar surface area (TPSA) is 165 Å². The van der Waals surface area contributed by atoms with Gasteiger partial charge >= 0.3 is 30.0 Å². The number of hydrogen-bond acceptors (Lipinski definition) is 13. The van der Waals surface area contributed by atoms with Crippen LogP contribution in [0.4, 0.5) is 13.6 Å². The molecule has 97 heavy (non-hydrogen) atoms. The molecule has 0 aliphatic carbocycles. The van der Waals surface area contributed by atoms with Gasteiger partial charge in [-0.1, -0.05) is 161 Å². The highest BCUT2D eigenvalue weighted by molar-refractivity contribution is 5.97. The first-order valence-corrected chi connectivity index (χ1v) is 34.0. The van der Waals surface area contributed by atoms with Gasteiger partial charge in [-0.2, -0.15) is 0 Å². The van der Waals surface area contributed by atoms with Crippen LogP contribution in [0.1, 0.15) is 209 Å². The second-order valence-corrected chi connectivity index (χ2v) is 25.4. The summed E-state index contributed by atoms with van der Waals surface area (Å²) >= 11 is 0. The highest BCUT2D eigenvalue weighted by atomic mass is 19.1. The highest BCUT2D eigenvalue weighted by Crippen LogP contribution is 2.50. The third kappa shape index (κ3) is 24.5. The number of nitrogens with one attached hydrogen (secondary N) is 1. The molecule has 516 valence electrons. The first-order valence-electron chi connectivity index (χ1n) is 34.0. The molecule has 2 aliphatic rings. The number of alkyl halides is 2. The van der Waals surface area contributed by atoms with E-state index in [-0.39, 0.29) is 31.4 Å². The third-order valence-corrected chi connectivity index (χ3v) is 16.3. The lowest BCUT2D eigenvalue weighted by molar-refractivity contribution is -0.132. The van der Waals surface area contributed by atoms with E-state index in [2.05, 4.69) is 41.7 Å². The summed E-state index contributed by atoms with van der Waals surface area (Å²) in [6, 6.07) is 41.8. The van der Waals surface area contributed by atoms with Crippen LogP contribution in [0.25, 0.3) is 34.4 Å². The Morgan fingerprint density at radius 3 is 1.29 bits per heavy atom. The van der Waals surface area contributed by atoms with Crippen LogP contribution in [0.15, 0.2) is 146 Å². The minimum atomic E-state index is -0.592. The Labute approximate surface area is 572 Å². The van der Waals surface area contributed by atoms with E-state index >= 15 is 0 Å². The Bertz CT molecular complexity index is 3710. The maximum Gasteiger partial charge on any atom is 0.410 e. The fourth-order valence-corrected chi connectivity index (χ4v) is 11.7. The maximum absolute atomic E-state index is 13.0. The highest BCUT2D eigenvalue weighted by Gasteiger charge is 2.32. The molecule has 0 spiro atoms. The van der Waals surface area contributed by atoms with Crippen molar-refractivity contribution in [3.05, 3.63) is 190 Å². The average molecular weight is 1330 g/mol. The Hall–Kier alpha value is -9.15. The summed E-state index contributed by atoms with van der Waals surface area (Å²) in [7, 11) is 0. The lowest BCUT2D eigenvalue weighted by Gasteiger charge is -2.31. The van der Waals surface area contributed by atoms with Gasteiger partial charge in [0.2, 0.25) is 0 Å². The molecule has 0 bridgehead atoms. The van der Waals surface area contributed by atoms with Crippen molar-refractivity contribution in [1.82, 2.24) is 10.2 Å². The van der Waals surface area contributed by atoms with Crippen molar-refractivity contribution < 1.29 is 65.9 Å². The summed E-state index contributed by atoms with van der Waals surface area (Å²) in [6.07, 6.45) is 21.2. The molecule has 0 aromatic heterocycles. The SMILES string of the molecule is CC(=O)Oc1cccc(C2=C(C)c3cc(OC(C)=O)ccc3OC2c2ccc(/C=C/CN(CCCCCCCCCF)C(=O)OC(C)(C)C)cc2)c1.CC(=O)Oc1cccc(C2=C(C)c3cc(OC(C)=O)ccc3OC2c2ccc(/C=C/CNCCCCCCCCCF)cc2)c1. The van der Waals surface area contributed by atoms with Gasteiger partial charge in [-0.15, -0.1) is 0 Å². The number of fused-ring (bicyclic) bond motifs is 2. The van der Waals surface area contributed by atoms with Crippen molar-refractivity contribution in [2.75, 3.05) is 39.5 Å². The lowest BCUT2D eigenvalue weighted by atomic mass is 9.86. The molecule has 0 fully saturated rings. The van der Waals surface area contributed by atoms with E-state index in [9.17, 15) is 32.8 Å². The zero-order valence-electron chi connectivity index (χ0n) is 57.9. The van der Waals surface area contributed by atoms with E-state index < -0.39 is 29.7 Å². The molecule has 0 saturated carbocycles. The van der Waals surface area contributed by atoms with Crippen molar-refractivity contribution in [3.63, 3.8) is 0 Å². The summed E-state index contributed by atoms with van der Waals surface area (Å²) in [5.41, 5.74) is 10.4. The Morgan fingerprint density at radius 2 is 0.876 bits per heavy atom. The fourth-order valence-electron chi connectivity index (χ4n) is 11.7. The van der Waals surface area contributed by atoms with Crippen molar-refractivity contribution in [1.29, 1.82) is 0 Å². The van der Waals surface area contributed by atoms with Crippen LogP contribution in [-0.2, 0) is 23.9 Å². The largest absolute Gasteiger partial charge is 0.480 e. The number of amides is 1. The van der Waals surface area contributed by atoms with E-state index in [0.717, 1.165) is 138 Å². The predicted octanol–water partition coefficient (Wildman–Crippen LogP) is 19.5. The van der Waals surface area contributed by atoms with Crippen molar-refractivity contribution in [2.24, 2.45) is 0 Å². The Morgan fingerprint density at radius 1 is 0.485 bits per heavy atom. The maximum atomic E-state index is 13.0. The predicted molar refractivity (Wildman–Crippen MR) is 381 cm³/mol. The van der Waals surface area contributed by atoms with Crippen LogP contribution in [0.5, 0.6) is 34.5 Å². The van der Waals surface area contributed by atoms with Gasteiger partial charge in [0.05, 0.1) is 13.3 Å². The Balaban J connectivity index is 0.000000276. The van der Waals surface area contributed by atoms with Gasteiger partial charge in [0.1, 0.15) is 52.3 Å². The number of carbonyl (C=O) groups excluding carboxylic acids is 5. The van der Waals surface area contributed by atoms with Crippen LogP contribution in [0, 0.1) is 0 Å².